The highest BCUT2D eigenvalue weighted by molar-refractivity contribution is 7.94. The van der Waals surface area contributed by atoms with Gasteiger partial charge in [0.05, 0.1) is 22.0 Å². The summed E-state index contributed by atoms with van der Waals surface area (Å²) in [6, 6.07) is 2.58. The van der Waals surface area contributed by atoms with Gasteiger partial charge < -0.3 is 4.18 Å². The molecule has 1 aromatic carbocycles. The van der Waals surface area contributed by atoms with Crippen molar-refractivity contribution in [2.75, 3.05) is 6.26 Å². The van der Waals surface area contributed by atoms with Crippen molar-refractivity contribution in [3.05, 3.63) is 32.3 Å². The van der Waals surface area contributed by atoms with Crippen LogP contribution in [0.4, 0.5) is 5.69 Å². The van der Waals surface area contributed by atoms with Gasteiger partial charge in [-0.3, -0.25) is 10.1 Å². The Morgan fingerprint density at radius 3 is 2.64 bits per heavy atom. The van der Waals surface area contributed by atoms with E-state index in [1.165, 1.54) is 12.1 Å². The van der Waals surface area contributed by atoms with E-state index in [9.17, 15) is 10.1 Å². The van der Waals surface area contributed by atoms with Gasteiger partial charge in [0.15, 0.2) is 0 Å². The SMILES string of the molecule is CSOc1c(Cl)cc(Cl)cc1[N+](=O)[O-]. The molecule has 14 heavy (non-hydrogen) atoms. The van der Waals surface area contributed by atoms with Crippen molar-refractivity contribution in [1.29, 1.82) is 0 Å². The Kier molecular flexibility index (Phi) is 3.86. The molecule has 1 aromatic rings. The molecule has 0 amide bonds. The topological polar surface area (TPSA) is 52.4 Å². The van der Waals surface area contributed by atoms with Crippen molar-refractivity contribution in [3.63, 3.8) is 0 Å². The second-order valence-corrected chi connectivity index (χ2v) is 3.59. The smallest absolute Gasteiger partial charge is 0.315 e. The zero-order valence-electron chi connectivity index (χ0n) is 6.99. The van der Waals surface area contributed by atoms with E-state index in [0.29, 0.717) is 0 Å². The molecule has 0 bridgehead atoms. The van der Waals surface area contributed by atoms with Crippen LogP contribution < -0.4 is 4.18 Å². The summed E-state index contributed by atoms with van der Waals surface area (Å²) in [6.45, 7) is 0. The molecule has 0 spiro atoms. The van der Waals surface area contributed by atoms with Crippen molar-refractivity contribution in [3.8, 4) is 5.75 Å². The third-order valence-electron chi connectivity index (χ3n) is 1.35. The Balaban J connectivity index is 3.28. The standard InChI is InChI=1S/C7H5Cl2NO3S/c1-14-13-7-5(9)2-4(8)3-6(7)10(11)12/h2-3H,1H3. The van der Waals surface area contributed by atoms with E-state index in [4.69, 9.17) is 27.4 Å². The summed E-state index contributed by atoms with van der Waals surface area (Å²) < 4.78 is 4.97. The lowest BCUT2D eigenvalue weighted by atomic mass is 10.3. The fourth-order valence-electron chi connectivity index (χ4n) is 0.848. The van der Waals surface area contributed by atoms with Gasteiger partial charge >= 0.3 is 5.69 Å². The second kappa shape index (κ2) is 4.72. The largest absolute Gasteiger partial charge is 0.417 e. The number of nitro benzene ring substituents is 1. The number of nitrogens with zero attached hydrogens (tertiary/aromatic N) is 1. The summed E-state index contributed by atoms with van der Waals surface area (Å²) in [6.07, 6.45) is 1.63. The van der Waals surface area contributed by atoms with Crippen molar-refractivity contribution < 1.29 is 9.11 Å². The predicted octanol–water partition coefficient (Wildman–Crippen LogP) is 3.56. The van der Waals surface area contributed by atoms with E-state index >= 15 is 0 Å². The lowest BCUT2D eigenvalue weighted by molar-refractivity contribution is -0.385. The molecule has 4 nitrogen and oxygen atoms in total. The average molecular weight is 254 g/mol. The van der Waals surface area contributed by atoms with Crippen LogP contribution in [0.5, 0.6) is 5.75 Å². The maximum absolute atomic E-state index is 10.6. The van der Waals surface area contributed by atoms with Crippen molar-refractivity contribution in [2.45, 2.75) is 0 Å². The molecular formula is C7H5Cl2NO3S. The molecular weight excluding hydrogens is 249 g/mol. The summed E-state index contributed by atoms with van der Waals surface area (Å²) in [7, 11) is 0. The van der Waals surface area contributed by atoms with Gasteiger partial charge in [-0.1, -0.05) is 23.2 Å². The van der Waals surface area contributed by atoms with Crippen molar-refractivity contribution >= 4 is 40.9 Å². The highest BCUT2D eigenvalue weighted by atomic mass is 35.5. The molecule has 0 aliphatic carbocycles. The Bertz CT molecular complexity index is 372. The average Bonchev–Trinajstić information content (AvgIpc) is 2.09. The number of hydrogen-bond donors (Lipinski definition) is 0. The Labute approximate surface area is 94.5 Å². The second-order valence-electron chi connectivity index (χ2n) is 2.24. The van der Waals surface area contributed by atoms with E-state index in [1.54, 1.807) is 6.26 Å². The lowest BCUT2D eigenvalue weighted by Gasteiger charge is -2.04. The minimum atomic E-state index is -0.594. The minimum absolute atomic E-state index is 0.0218. The summed E-state index contributed by atoms with van der Waals surface area (Å²) >= 11 is 12.3. The van der Waals surface area contributed by atoms with Crippen LogP contribution in [0.25, 0.3) is 0 Å². The fourth-order valence-corrected chi connectivity index (χ4v) is 1.76. The van der Waals surface area contributed by atoms with Crippen LogP contribution in [-0.4, -0.2) is 11.2 Å². The normalized spacial score (nSPS) is 9.93. The van der Waals surface area contributed by atoms with Gasteiger partial charge in [0, 0.05) is 17.3 Å². The van der Waals surface area contributed by atoms with Gasteiger partial charge in [0.25, 0.3) is 0 Å². The van der Waals surface area contributed by atoms with Crippen LogP contribution in [0, 0.1) is 10.1 Å². The van der Waals surface area contributed by atoms with Crippen LogP contribution >= 0.6 is 35.2 Å². The van der Waals surface area contributed by atoms with E-state index in [0.717, 1.165) is 12.0 Å². The third kappa shape index (κ3) is 2.43. The lowest BCUT2D eigenvalue weighted by Crippen LogP contribution is -1.93. The van der Waals surface area contributed by atoms with Crippen LogP contribution in [-0.2, 0) is 0 Å². The molecule has 0 unspecified atom stereocenters. The quantitative estimate of drug-likeness (QED) is 0.470. The number of hydrogen-bond acceptors (Lipinski definition) is 4. The fraction of sp³-hybridized carbons (Fsp3) is 0.143. The molecule has 0 saturated carbocycles. The van der Waals surface area contributed by atoms with Gasteiger partial charge in [0.2, 0.25) is 5.75 Å². The van der Waals surface area contributed by atoms with Crippen molar-refractivity contribution in [2.24, 2.45) is 0 Å². The van der Waals surface area contributed by atoms with Gasteiger partial charge in [-0.05, 0) is 6.07 Å². The molecule has 7 heteroatoms. The van der Waals surface area contributed by atoms with Crippen LogP contribution in [0.1, 0.15) is 0 Å². The van der Waals surface area contributed by atoms with E-state index in [1.807, 2.05) is 0 Å². The summed E-state index contributed by atoms with van der Waals surface area (Å²) in [5.74, 6) is 0.0218. The summed E-state index contributed by atoms with van der Waals surface area (Å²) in [5.41, 5.74) is -0.239. The zero-order valence-corrected chi connectivity index (χ0v) is 9.32. The van der Waals surface area contributed by atoms with Crippen LogP contribution in [0.15, 0.2) is 12.1 Å². The molecule has 76 valence electrons. The van der Waals surface area contributed by atoms with Gasteiger partial charge in [0.1, 0.15) is 0 Å². The monoisotopic (exact) mass is 253 g/mol. The van der Waals surface area contributed by atoms with Crippen LogP contribution in [0.3, 0.4) is 0 Å². The molecule has 0 aliphatic heterocycles. The molecule has 0 N–H and O–H groups in total. The first-order chi connectivity index (χ1) is 6.56. The molecule has 0 aromatic heterocycles. The predicted molar refractivity (Wildman–Crippen MR) is 57.3 cm³/mol. The zero-order chi connectivity index (χ0) is 10.7. The summed E-state index contributed by atoms with van der Waals surface area (Å²) in [4.78, 5) is 10.0. The highest BCUT2D eigenvalue weighted by Gasteiger charge is 2.20. The Hall–Kier alpha value is -0.650. The van der Waals surface area contributed by atoms with Gasteiger partial charge in [-0.15, -0.1) is 0 Å². The highest BCUT2D eigenvalue weighted by Crippen LogP contribution is 2.38. The first kappa shape index (κ1) is 11.4. The van der Waals surface area contributed by atoms with Crippen LogP contribution in [0.2, 0.25) is 10.0 Å². The molecule has 0 fully saturated rings. The van der Waals surface area contributed by atoms with E-state index in [-0.39, 0.29) is 21.5 Å². The number of rotatable bonds is 3. The molecule has 1 rings (SSSR count). The molecule has 0 heterocycles. The Morgan fingerprint density at radius 2 is 2.14 bits per heavy atom. The van der Waals surface area contributed by atoms with E-state index < -0.39 is 4.92 Å². The summed E-state index contributed by atoms with van der Waals surface area (Å²) in [5, 5.41) is 10.9. The Morgan fingerprint density at radius 1 is 1.50 bits per heavy atom. The minimum Gasteiger partial charge on any atom is -0.417 e. The first-order valence-corrected chi connectivity index (χ1v) is 5.31. The first-order valence-electron chi connectivity index (χ1n) is 3.40. The molecule has 0 saturated heterocycles. The maximum atomic E-state index is 10.6. The molecule has 0 atom stereocenters. The van der Waals surface area contributed by atoms with E-state index in [2.05, 4.69) is 0 Å². The van der Waals surface area contributed by atoms with Gasteiger partial charge in [-0.25, -0.2) is 0 Å². The van der Waals surface area contributed by atoms with Gasteiger partial charge in [-0.2, -0.15) is 0 Å². The number of halogens is 2. The number of nitro groups is 1. The third-order valence-corrected chi connectivity index (χ3v) is 2.18. The van der Waals surface area contributed by atoms with Crippen molar-refractivity contribution in [1.82, 2.24) is 0 Å². The maximum Gasteiger partial charge on any atom is 0.315 e. The molecule has 0 aliphatic rings. The molecule has 0 radical (unpaired) electrons. The number of benzene rings is 1.